The van der Waals surface area contributed by atoms with Gasteiger partial charge in [0.15, 0.2) is 0 Å². The standard InChI is InChI=1S/C14H24N2O4/c1-16(2)13(18)7-10-5-6-11(12(8-17)20-10)15-14(19)9-3-4-9/h9-12,17H,3-8H2,1-2H3,(H,15,19)/t10-,11+,12+/m1/s1. The maximum Gasteiger partial charge on any atom is 0.224 e. The first kappa shape index (κ1) is 15.3. The third-order valence-electron chi connectivity index (χ3n) is 3.97. The Labute approximate surface area is 119 Å². The molecule has 2 fully saturated rings. The number of nitrogens with one attached hydrogen (secondary N) is 1. The van der Waals surface area contributed by atoms with Crippen LogP contribution in [0, 0.1) is 5.92 Å². The van der Waals surface area contributed by atoms with Gasteiger partial charge in [-0.15, -0.1) is 0 Å². The number of ether oxygens (including phenoxy) is 1. The summed E-state index contributed by atoms with van der Waals surface area (Å²) in [6, 6.07) is -0.140. The van der Waals surface area contributed by atoms with Gasteiger partial charge in [-0.2, -0.15) is 0 Å². The van der Waals surface area contributed by atoms with E-state index in [0.717, 1.165) is 25.7 Å². The van der Waals surface area contributed by atoms with Crippen LogP contribution < -0.4 is 5.32 Å². The van der Waals surface area contributed by atoms with Gasteiger partial charge in [0.05, 0.1) is 25.2 Å². The fourth-order valence-electron chi connectivity index (χ4n) is 2.47. The van der Waals surface area contributed by atoms with E-state index in [1.54, 1.807) is 14.1 Å². The van der Waals surface area contributed by atoms with Crippen molar-refractivity contribution in [3.63, 3.8) is 0 Å². The first-order valence-corrected chi connectivity index (χ1v) is 7.28. The average molecular weight is 284 g/mol. The first-order chi connectivity index (χ1) is 9.51. The molecular weight excluding hydrogens is 260 g/mol. The zero-order chi connectivity index (χ0) is 14.7. The third-order valence-corrected chi connectivity index (χ3v) is 3.97. The van der Waals surface area contributed by atoms with E-state index in [-0.39, 0.29) is 36.5 Å². The van der Waals surface area contributed by atoms with Crippen LogP contribution in [0.25, 0.3) is 0 Å². The van der Waals surface area contributed by atoms with Crippen LogP contribution in [-0.4, -0.2) is 60.8 Å². The summed E-state index contributed by atoms with van der Waals surface area (Å²) in [7, 11) is 3.43. The highest BCUT2D eigenvalue weighted by Gasteiger charge is 2.36. The van der Waals surface area contributed by atoms with Crippen molar-refractivity contribution >= 4 is 11.8 Å². The number of hydrogen-bond acceptors (Lipinski definition) is 4. The summed E-state index contributed by atoms with van der Waals surface area (Å²) in [4.78, 5) is 25.0. The first-order valence-electron chi connectivity index (χ1n) is 7.28. The fourth-order valence-corrected chi connectivity index (χ4v) is 2.47. The van der Waals surface area contributed by atoms with E-state index in [4.69, 9.17) is 4.74 Å². The smallest absolute Gasteiger partial charge is 0.224 e. The van der Waals surface area contributed by atoms with Crippen LogP contribution in [-0.2, 0) is 14.3 Å². The molecule has 2 amide bonds. The second-order valence-electron chi connectivity index (χ2n) is 5.94. The average Bonchev–Trinajstić information content (AvgIpc) is 3.24. The van der Waals surface area contributed by atoms with Crippen LogP contribution in [0.4, 0.5) is 0 Å². The third kappa shape index (κ3) is 3.93. The van der Waals surface area contributed by atoms with E-state index in [1.165, 1.54) is 4.90 Å². The summed E-state index contributed by atoms with van der Waals surface area (Å²) in [6.45, 7) is -0.137. The van der Waals surface area contributed by atoms with E-state index < -0.39 is 6.10 Å². The molecule has 1 aliphatic carbocycles. The molecule has 1 aliphatic heterocycles. The van der Waals surface area contributed by atoms with E-state index in [0.29, 0.717) is 6.42 Å². The van der Waals surface area contributed by atoms with E-state index in [9.17, 15) is 14.7 Å². The maximum atomic E-state index is 11.8. The van der Waals surface area contributed by atoms with Crippen LogP contribution in [0.1, 0.15) is 32.1 Å². The normalized spacial score (nSPS) is 29.9. The number of carbonyl (C=O) groups is 2. The minimum atomic E-state index is -0.411. The predicted molar refractivity (Wildman–Crippen MR) is 72.9 cm³/mol. The summed E-state index contributed by atoms with van der Waals surface area (Å²) in [5.41, 5.74) is 0. The zero-order valence-corrected chi connectivity index (χ0v) is 12.2. The van der Waals surface area contributed by atoms with Crippen LogP contribution in [0.2, 0.25) is 0 Å². The Bertz CT molecular complexity index is 368. The molecule has 1 saturated heterocycles. The van der Waals surface area contributed by atoms with Gasteiger partial charge < -0.3 is 20.1 Å². The topological polar surface area (TPSA) is 78.9 Å². The molecule has 1 heterocycles. The van der Waals surface area contributed by atoms with Crippen LogP contribution in [0.3, 0.4) is 0 Å². The Morgan fingerprint density at radius 3 is 2.50 bits per heavy atom. The Hall–Kier alpha value is -1.14. The lowest BCUT2D eigenvalue weighted by Crippen LogP contribution is -2.51. The van der Waals surface area contributed by atoms with Gasteiger partial charge in [-0.25, -0.2) is 0 Å². The predicted octanol–water partition coefficient (Wildman–Crippen LogP) is -0.101. The number of carbonyl (C=O) groups excluding carboxylic acids is 2. The van der Waals surface area contributed by atoms with Gasteiger partial charge in [-0.1, -0.05) is 0 Å². The molecule has 0 unspecified atom stereocenters. The van der Waals surface area contributed by atoms with Crippen molar-refractivity contribution in [2.75, 3.05) is 20.7 Å². The van der Waals surface area contributed by atoms with Gasteiger partial charge in [0.25, 0.3) is 0 Å². The van der Waals surface area contributed by atoms with Crippen molar-refractivity contribution in [2.45, 2.75) is 50.4 Å². The van der Waals surface area contributed by atoms with Crippen molar-refractivity contribution in [1.29, 1.82) is 0 Å². The van der Waals surface area contributed by atoms with Gasteiger partial charge >= 0.3 is 0 Å². The fraction of sp³-hybridized carbons (Fsp3) is 0.857. The number of rotatable bonds is 5. The quantitative estimate of drug-likeness (QED) is 0.739. The highest BCUT2D eigenvalue weighted by atomic mass is 16.5. The summed E-state index contributed by atoms with van der Waals surface area (Å²) >= 11 is 0. The van der Waals surface area contributed by atoms with Crippen molar-refractivity contribution in [3.8, 4) is 0 Å². The Morgan fingerprint density at radius 2 is 1.95 bits per heavy atom. The molecular formula is C14H24N2O4. The molecule has 1 saturated carbocycles. The SMILES string of the molecule is CN(C)C(=O)C[C@H]1CC[C@H](NC(=O)C2CC2)[C@H](CO)O1. The monoisotopic (exact) mass is 284 g/mol. The Kier molecular flexibility index (Phi) is 4.99. The van der Waals surface area contributed by atoms with Crippen LogP contribution in [0.5, 0.6) is 0 Å². The number of hydrogen-bond donors (Lipinski definition) is 2. The molecule has 2 N–H and O–H groups in total. The van der Waals surface area contributed by atoms with Gasteiger partial charge in [0.2, 0.25) is 11.8 Å². The molecule has 3 atom stereocenters. The van der Waals surface area contributed by atoms with Gasteiger partial charge in [-0.3, -0.25) is 9.59 Å². The summed E-state index contributed by atoms with van der Waals surface area (Å²) in [5, 5.41) is 12.4. The molecule has 0 aromatic rings. The second kappa shape index (κ2) is 6.54. The molecule has 114 valence electrons. The number of aliphatic hydroxyl groups is 1. The van der Waals surface area contributed by atoms with Gasteiger partial charge in [0.1, 0.15) is 6.10 Å². The molecule has 6 heteroatoms. The molecule has 0 bridgehead atoms. The molecule has 0 spiro atoms. The molecule has 0 radical (unpaired) electrons. The number of aliphatic hydroxyl groups excluding tert-OH is 1. The minimum Gasteiger partial charge on any atom is -0.394 e. The summed E-state index contributed by atoms with van der Waals surface area (Å²) in [5.74, 6) is 0.245. The summed E-state index contributed by atoms with van der Waals surface area (Å²) in [6.07, 6.45) is 3.14. The van der Waals surface area contributed by atoms with E-state index >= 15 is 0 Å². The highest BCUT2D eigenvalue weighted by Crippen LogP contribution is 2.30. The second-order valence-corrected chi connectivity index (χ2v) is 5.94. The van der Waals surface area contributed by atoms with Crippen molar-refractivity contribution in [1.82, 2.24) is 10.2 Å². The molecule has 2 aliphatic rings. The molecule has 2 rings (SSSR count). The minimum absolute atomic E-state index is 0.0205. The van der Waals surface area contributed by atoms with E-state index in [1.807, 2.05) is 0 Å². The zero-order valence-electron chi connectivity index (χ0n) is 12.2. The van der Waals surface area contributed by atoms with Crippen LogP contribution in [0.15, 0.2) is 0 Å². The maximum absolute atomic E-state index is 11.8. The van der Waals surface area contributed by atoms with Crippen molar-refractivity contribution in [3.05, 3.63) is 0 Å². The molecule has 20 heavy (non-hydrogen) atoms. The number of amides is 2. The summed E-state index contributed by atoms with van der Waals surface area (Å²) < 4.78 is 5.76. The van der Waals surface area contributed by atoms with Crippen molar-refractivity contribution < 1.29 is 19.4 Å². The van der Waals surface area contributed by atoms with Gasteiger partial charge in [-0.05, 0) is 25.7 Å². The lowest BCUT2D eigenvalue weighted by molar-refractivity contribution is -0.141. The van der Waals surface area contributed by atoms with Crippen molar-refractivity contribution in [2.24, 2.45) is 5.92 Å². The Morgan fingerprint density at radius 1 is 1.25 bits per heavy atom. The van der Waals surface area contributed by atoms with E-state index in [2.05, 4.69) is 5.32 Å². The lowest BCUT2D eigenvalue weighted by Gasteiger charge is -2.36. The lowest BCUT2D eigenvalue weighted by atomic mass is 9.96. The Balaban J connectivity index is 1.83. The molecule has 0 aromatic heterocycles. The molecule has 0 aromatic carbocycles. The largest absolute Gasteiger partial charge is 0.394 e. The highest BCUT2D eigenvalue weighted by molar-refractivity contribution is 5.81. The van der Waals surface area contributed by atoms with Crippen LogP contribution >= 0.6 is 0 Å². The molecule has 6 nitrogen and oxygen atoms in total. The number of nitrogens with zero attached hydrogens (tertiary/aromatic N) is 1. The van der Waals surface area contributed by atoms with Gasteiger partial charge in [0, 0.05) is 20.0 Å².